The number of nitrogens with zero attached hydrogens (tertiary/aromatic N) is 2. The molecule has 1 aliphatic rings. The number of carbonyl (C=O) groups is 1. The van der Waals surface area contributed by atoms with E-state index in [4.69, 9.17) is 23.2 Å². The highest BCUT2D eigenvalue weighted by molar-refractivity contribution is 6.38. The zero-order valence-electron chi connectivity index (χ0n) is 11.4. The molecule has 0 unspecified atom stereocenters. The molecular weight excluding hydrogens is 299 g/mol. The zero-order chi connectivity index (χ0) is 14.6. The van der Waals surface area contributed by atoms with Crippen molar-refractivity contribution in [3.63, 3.8) is 0 Å². The van der Waals surface area contributed by atoms with Crippen LogP contribution >= 0.6 is 23.2 Å². The number of nitrogens with one attached hydrogen (secondary N) is 2. The summed E-state index contributed by atoms with van der Waals surface area (Å²) in [6.07, 6.45) is 4.71. The smallest absolute Gasteiger partial charge is 0.230 e. The largest absolute Gasteiger partial charge is 0.320 e. The molecule has 1 fully saturated rings. The van der Waals surface area contributed by atoms with Crippen LogP contribution in [0, 0.1) is 5.41 Å². The number of hydrogen-bond acceptors (Lipinski definition) is 4. The Morgan fingerprint density at radius 3 is 2.50 bits per heavy atom. The maximum absolute atomic E-state index is 12.7. The number of rotatable bonds is 4. The summed E-state index contributed by atoms with van der Waals surface area (Å²) in [5.41, 5.74) is -0.0579. The Hall–Kier alpha value is -0.910. The van der Waals surface area contributed by atoms with E-state index in [2.05, 4.69) is 27.5 Å². The van der Waals surface area contributed by atoms with Crippen LogP contribution in [0.5, 0.6) is 0 Å². The molecule has 0 aromatic carbocycles. The molecular formula is C13H18Cl2N4O. The zero-order valence-corrected chi connectivity index (χ0v) is 12.9. The summed E-state index contributed by atoms with van der Waals surface area (Å²) in [5.74, 6) is -0.0422. The number of hydrogen-bond donors (Lipinski definition) is 2. The molecule has 110 valence electrons. The Morgan fingerprint density at radius 1 is 1.35 bits per heavy atom. The van der Waals surface area contributed by atoms with E-state index in [0.29, 0.717) is 5.69 Å². The summed E-state index contributed by atoms with van der Waals surface area (Å²) < 4.78 is 0. The molecule has 5 nitrogen and oxygen atoms in total. The summed E-state index contributed by atoms with van der Waals surface area (Å²) in [5, 5.41) is 6.43. The van der Waals surface area contributed by atoms with Gasteiger partial charge in [-0.1, -0.05) is 36.5 Å². The summed E-state index contributed by atoms with van der Waals surface area (Å²) in [4.78, 5) is 20.4. The van der Waals surface area contributed by atoms with Crippen molar-refractivity contribution in [2.75, 3.05) is 18.4 Å². The molecule has 0 bridgehead atoms. The number of halogens is 2. The van der Waals surface area contributed by atoms with Crippen LogP contribution in [-0.4, -0.2) is 29.0 Å². The Balaban J connectivity index is 2.20. The molecule has 0 spiro atoms. The van der Waals surface area contributed by atoms with Gasteiger partial charge in [-0.05, 0) is 32.4 Å². The fourth-order valence-corrected chi connectivity index (χ4v) is 3.08. The van der Waals surface area contributed by atoms with Crippen LogP contribution in [0.2, 0.25) is 10.3 Å². The fourth-order valence-electron chi connectivity index (χ4n) is 2.67. The first kappa shape index (κ1) is 15.5. The van der Waals surface area contributed by atoms with Crippen LogP contribution in [0.15, 0.2) is 6.33 Å². The van der Waals surface area contributed by atoms with E-state index in [1.165, 1.54) is 6.33 Å². The SMILES string of the molecule is CCCC1(C(=O)Nc2c(Cl)ncnc2Cl)CCNCC1. The molecule has 1 aromatic heterocycles. The van der Waals surface area contributed by atoms with Gasteiger partial charge in [0.05, 0.1) is 5.41 Å². The van der Waals surface area contributed by atoms with Crippen LogP contribution in [0.3, 0.4) is 0 Å². The number of anilines is 1. The molecule has 2 rings (SSSR count). The molecule has 20 heavy (non-hydrogen) atoms. The second-order valence-corrected chi connectivity index (χ2v) is 5.78. The minimum Gasteiger partial charge on any atom is -0.320 e. The van der Waals surface area contributed by atoms with Crippen LogP contribution in [0.25, 0.3) is 0 Å². The van der Waals surface area contributed by atoms with Gasteiger partial charge < -0.3 is 10.6 Å². The molecule has 0 atom stereocenters. The molecule has 1 saturated heterocycles. The maximum Gasteiger partial charge on any atom is 0.230 e. The van der Waals surface area contributed by atoms with E-state index in [9.17, 15) is 4.79 Å². The molecule has 0 radical (unpaired) electrons. The van der Waals surface area contributed by atoms with E-state index < -0.39 is 0 Å². The average molecular weight is 317 g/mol. The Morgan fingerprint density at radius 2 is 1.95 bits per heavy atom. The van der Waals surface area contributed by atoms with Gasteiger partial charge in [0, 0.05) is 0 Å². The lowest BCUT2D eigenvalue weighted by molar-refractivity contribution is -0.127. The van der Waals surface area contributed by atoms with Gasteiger partial charge in [0.2, 0.25) is 5.91 Å². The summed E-state index contributed by atoms with van der Waals surface area (Å²) in [6.45, 7) is 3.78. The first-order valence-electron chi connectivity index (χ1n) is 6.77. The molecule has 1 aliphatic heterocycles. The summed E-state index contributed by atoms with van der Waals surface area (Å²) in [6, 6.07) is 0. The first-order valence-corrected chi connectivity index (χ1v) is 7.53. The van der Waals surface area contributed by atoms with E-state index in [1.54, 1.807) is 0 Å². The second kappa shape index (κ2) is 6.70. The molecule has 1 aromatic rings. The minimum atomic E-state index is -0.359. The lowest BCUT2D eigenvalue weighted by Gasteiger charge is -2.36. The van der Waals surface area contributed by atoms with Crippen molar-refractivity contribution in [3.8, 4) is 0 Å². The lowest BCUT2D eigenvalue weighted by atomic mass is 9.74. The summed E-state index contributed by atoms with van der Waals surface area (Å²) >= 11 is 11.9. The number of aromatic nitrogens is 2. The predicted molar refractivity (Wildman–Crippen MR) is 80.1 cm³/mol. The molecule has 1 amide bonds. The van der Waals surface area contributed by atoms with Crippen LogP contribution in [0.4, 0.5) is 5.69 Å². The van der Waals surface area contributed by atoms with Crippen LogP contribution in [0.1, 0.15) is 32.6 Å². The van der Waals surface area contributed by atoms with Crippen molar-refractivity contribution in [2.24, 2.45) is 5.41 Å². The van der Waals surface area contributed by atoms with Gasteiger partial charge in [-0.15, -0.1) is 0 Å². The van der Waals surface area contributed by atoms with E-state index in [1.807, 2.05) is 0 Å². The lowest BCUT2D eigenvalue weighted by Crippen LogP contribution is -2.45. The van der Waals surface area contributed by atoms with E-state index in [0.717, 1.165) is 38.8 Å². The van der Waals surface area contributed by atoms with Crippen molar-refractivity contribution in [2.45, 2.75) is 32.6 Å². The Kier molecular flexibility index (Phi) is 5.18. The normalized spacial score (nSPS) is 17.8. The van der Waals surface area contributed by atoms with Gasteiger partial charge in [-0.2, -0.15) is 0 Å². The van der Waals surface area contributed by atoms with Gasteiger partial charge in [-0.25, -0.2) is 9.97 Å². The maximum atomic E-state index is 12.7. The number of amides is 1. The predicted octanol–water partition coefficient (Wildman–Crippen LogP) is 2.89. The molecule has 7 heteroatoms. The average Bonchev–Trinajstić information content (AvgIpc) is 2.44. The van der Waals surface area contributed by atoms with Gasteiger partial charge in [-0.3, -0.25) is 4.79 Å². The third kappa shape index (κ3) is 3.22. The van der Waals surface area contributed by atoms with Crippen LogP contribution < -0.4 is 10.6 Å². The first-order chi connectivity index (χ1) is 9.59. The van der Waals surface area contributed by atoms with E-state index >= 15 is 0 Å². The van der Waals surface area contributed by atoms with Crippen molar-refractivity contribution >= 4 is 34.8 Å². The monoisotopic (exact) mass is 316 g/mol. The minimum absolute atomic E-state index is 0.0422. The van der Waals surface area contributed by atoms with Crippen molar-refractivity contribution in [1.29, 1.82) is 0 Å². The molecule has 0 aliphatic carbocycles. The molecule has 2 heterocycles. The fraction of sp³-hybridized carbons (Fsp3) is 0.615. The van der Waals surface area contributed by atoms with E-state index in [-0.39, 0.29) is 21.6 Å². The van der Waals surface area contributed by atoms with Crippen molar-refractivity contribution < 1.29 is 4.79 Å². The van der Waals surface area contributed by atoms with Gasteiger partial charge >= 0.3 is 0 Å². The third-order valence-electron chi connectivity index (χ3n) is 3.76. The Bertz CT molecular complexity index is 463. The van der Waals surface area contributed by atoms with Gasteiger partial charge in [0.1, 0.15) is 12.0 Å². The number of carbonyl (C=O) groups excluding carboxylic acids is 1. The number of piperidine rings is 1. The van der Waals surface area contributed by atoms with Crippen LogP contribution in [-0.2, 0) is 4.79 Å². The quantitative estimate of drug-likeness (QED) is 0.838. The highest BCUT2D eigenvalue weighted by Crippen LogP contribution is 2.36. The second-order valence-electron chi connectivity index (χ2n) is 5.06. The molecule has 0 saturated carbocycles. The topological polar surface area (TPSA) is 66.9 Å². The van der Waals surface area contributed by atoms with Gasteiger partial charge in [0.15, 0.2) is 10.3 Å². The third-order valence-corrected chi connectivity index (χ3v) is 4.34. The highest BCUT2D eigenvalue weighted by atomic mass is 35.5. The standard InChI is InChI=1S/C13H18Cl2N4O/c1-2-3-13(4-6-16-7-5-13)12(20)19-9-10(14)17-8-18-11(9)15/h8,16H,2-7H2,1H3,(H,19,20). The molecule has 2 N–H and O–H groups in total. The van der Waals surface area contributed by atoms with Gasteiger partial charge in [0.25, 0.3) is 0 Å². The van der Waals surface area contributed by atoms with Crippen molar-refractivity contribution in [3.05, 3.63) is 16.6 Å². The Labute approximate surface area is 128 Å². The highest BCUT2D eigenvalue weighted by Gasteiger charge is 2.39. The summed E-state index contributed by atoms with van der Waals surface area (Å²) in [7, 11) is 0. The van der Waals surface area contributed by atoms with Crippen molar-refractivity contribution in [1.82, 2.24) is 15.3 Å².